The molecular weight excluding hydrogens is 262 g/mol. The number of anilines is 1. The molecule has 1 aromatic rings. The van der Waals surface area contributed by atoms with E-state index >= 15 is 0 Å². The first kappa shape index (κ1) is 12.0. The molecule has 0 saturated carbocycles. The van der Waals surface area contributed by atoms with E-state index in [2.05, 4.69) is 58.9 Å². The van der Waals surface area contributed by atoms with Crippen LogP contribution in [0.3, 0.4) is 0 Å². The van der Waals surface area contributed by atoms with Gasteiger partial charge in [-0.05, 0) is 29.9 Å². The SMILES string of the molecule is CC1(C)CCN(c2ccccc2CBr)CC1. The number of rotatable bonds is 2. The van der Waals surface area contributed by atoms with Gasteiger partial charge < -0.3 is 4.90 Å². The van der Waals surface area contributed by atoms with Crippen LogP contribution in [0, 0.1) is 5.41 Å². The molecule has 1 heterocycles. The van der Waals surface area contributed by atoms with Gasteiger partial charge in [-0.3, -0.25) is 0 Å². The van der Waals surface area contributed by atoms with Crippen molar-refractivity contribution in [3.8, 4) is 0 Å². The Morgan fingerprint density at radius 3 is 2.44 bits per heavy atom. The van der Waals surface area contributed by atoms with Gasteiger partial charge in [0.2, 0.25) is 0 Å². The Hall–Kier alpha value is -0.500. The number of benzene rings is 1. The van der Waals surface area contributed by atoms with Crippen molar-refractivity contribution in [1.82, 2.24) is 0 Å². The average molecular weight is 282 g/mol. The predicted octanol–water partition coefficient (Wildman–Crippen LogP) is 4.21. The minimum absolute atomic E-state index is 0.528. The van der Waals surface area contributed by atoms with Crippen LogP contribution in [0.25, 0.3) is 0 Å². The summed E-state index contributed by atoms with van der Waals surface area (Å²) in [4.78, 5) is 2.53. The van der Waals surface area contributed by atoms with Gasteiger partial charge in [-0.2, -0.15) is 0 Å². The molecular formula is C14H20BrN. The molecule has 1 saturated heterocycles. The van der Waals surface area contributed by atoms with Gasteiger partial charge >= 0.3 is 0 Å². The Bertz CT molecular complexity index is 350. The second-order valence-electron chi connectivity index (χ2n) is 5.41. The lowest BCUT2D eigenvalue weighted by molar-refractivity contribution is 0.279. The minimum atomic E-state index is 0.528. The summed E-state index contributed by atoms with van der Waals surface area (Å²) in [6.45, 7) is 7.13. The van der Waals surface area contributed by atoms with E-state index in [-0.39, 0.29) is 0 Å². The van der Waals surface area contributed by atoms with E-state index in [0.717, 1.165) is 5.33 Å². The molecule has 2 heteroatoms. The number of hydrogen-bond donors (Lipinski definition) is 0. The highest BCUT2D eigenvalue weighted by atomic mass is 79.9. The fourth-order valence-electron chi connectivity index (χ4n) is 2.29. The normalized spacial score (nSPS) is 19.8. The second-order valence-corrected chi connectivity index (χ2v) is 5.97. The maximum atomic E-state index is 3.57. The van der Waals surface area contributed by atoms with Crippen molar-refractivity contribution in [2.75, 3.05) is 18.0 Å². The van der Waals surface area contributed by atoms with Gasteiger partial charge in [0.05, 0.1) is 0 Å². The second kappa shape index (κ2) is 4.79. The first-order valence-corrected chi connectivity index (χ1v) is 7.13. The van der Waals surface area contributed by atoms with E-state index in [4.69, 9.17) is 0 Å². The van der Waals surface area contributed by atoms with Crippen molar-refractivity contribution < 1.29 is 0 Å². The average Bonchev–Trinajstić information content (AvgIpc) is 2.29. The number of halogens is 1. The van der Waals surface area contributed by atoms with Gasteiger partial charge in [0.1, 0.15) is 0 Å². The van der Waals surface area contributed by atoms with Crippen LogP contribution in [0.5, 0.6) is 0 Å². The van der Waals surface area contributed by atoms with Crippen LogP contribution in [-0.4, -0.2) is 13.1 Å². The van der Waals surface area contributed by atoms with Crippen LogP contribution >= 0.6 is 15.9 Å². The Balaban J connectivity index is 2.14. The van der Waals surface area contributed by atoms with Crippen molar-refractivity contribution in [3.63, 3.8) is 0 Å². The Labute approximate surface area is 107 Å². The predicted molar refractivity (Wildman–Crippen MR) is 74.3 cm³/mol. The molecule has 0 bridgehead atoms. The van der Waals surface area contributed by atoms with Crippen molar-refractivity contribution in [2.24, 2.45) is 5.41 Å². The first-order valence-electron chi connectivity index (χ1n) is 6.01. The summed E-state index contributed by atoms with van der Waals surface area (Å²) in [7, 11) is 0. The maximum Gasteiger partial charge on any atom is 0.0407 e. The molecule has 1 nitrogen and oxygen atoms in total. The largest absolute Gasteiger partial charge is 0.371 e. The lowest BCUT2D eigenvalue weighted by Crippen LogP contribution is -2.37. The van der Waals surface area contributed by atoms with E-state index < -0.39 is 0 Å². The van der Waals surface area contributed by atoms with E-state index in [0.29, 0.717) is 5.41 Å². The maximum absolute atomic E-state index is 3.57. The summed E-state index contributed by atoms with van der Waals surface area (Å²) in [6, 6.07) is 8.72. The quantitative estimate of drug-likeness (QED) is 0.734. The smallest absolute Gasteiger partial charge is 0.0407 e. The summed E-state index contributed by atoms with van der Waals surface area (Å²) in [5.41, 5.74) is 3.34. The molecule has 88 valence electrons. The fraction of sp³-hybridized carbons (Fsp3) is 0.571. The van der Waals surface area contributed by atoms with E-state index in [1.807, 2.05) is 0 Å². The van der Waals surface area contributed by atoms with E-state index in [9.17, 15) is 0 Å². The van der Waals surface area contributed by atoms with Crippen LogP contribution in [0.15, 0.2) is 24.3 Å². The molecule has 0 N–H and O–H groups in total. The monoisotopic (exact) mass is 281 g/mol. The van der Waals surface area contributed by atoms with Crippen LogP contribution in [0.2, 0.25) is 0 Å². The van der Waals surface area contributed by atoms with Crippen LogP contribution < -0.4 is 4.90 Å². The summed E-state index contributed by atoms with van der Waals surface area (Å²) in [5, 5.41) is 0.947. The lowest BCUT2D eigenvalue weighted by Gasteiger charge is -2.39. The molecule has 1 aliphatic rings. The Morgan fingerprint density at radius 2 is 1.81 bits per heavy atom. The van der Waals surface area contributed by atoms with Gasteiger partial charge in [0, 0.05) is 24.1 Å². The molecule has 1 aromatic carbocycles. The third-order valence-corrected chi connectivity index (χ3v) is 4.20. The van der Waals surface area contributed by atoms with Gasteiger partial charge in [-0.15, -0.1) is 0 Å². The topological polar surface area (TPSA) is 3.24 Å². The zero-order valence-corrected chi connectivity index (χ0v) is 11.8. The van der Waals surface area contributed by atoms with Crippen molar-refractivity contribution in [2.45, 2.75) is 32.0 Å². The van der Waals surface area contributed by atoms with E-state index in [1.54, 1.807) is 0 Å². The molecule has 2 rings (SSSR count). The fourth-order valence-corrected chi connectivity index (χ4v) is 2.76. The minimum Gasteiger partial charge on any atom is -0.371 e. The Morgan fingerprint density at radius 1 is 1.19 bits per heavy atom. The molecule has 0 spiro atoms. The van der Waals surface area contributed by atoms with Crippen LogP contribution in [-0.2, 0) is 5.33 Å². The van der Waals surface area contributed by atoms with Crippen molar-refractivity contribution in [3.05, 3.63) is 29.8 Å². The lowest BCUT2D eigenvalue weighted by atomic mass is 9.82. The van der Waals surface area contributed by atoms with Crippen LogP contribution in [0.1, 0.15) is 32.3 Å². The van der Waals surface area contributed by atoms with Gasteiger partial charge in [0.15, 0.2) is 0 Å². The van der Waals surface area contributed by atoms with Crippen LogP contribution in [0.4, 0.5) is 5.69 Å². The molecule has 1 fully saturated rings. The molecule has 0 radical (unpaired) electrons. The molecule has 1 aliphatic heterocycles. The number of hydrogen-bond acceptors (Lipinski definition) is 1. The Kier molecular flexibility index (Phi) is 3.58. The van der Waals surface area contributed by atoms with Crippen molar-refractivity contribution >= 4 is 21.6 Å². The standard InChI is InChI=1S/C14H20BrN/c1-14(2)7-9-16(10-8-14)13-6-4-3-5-12(13)11-15/h3-6H,7-11H2,1-2H3. The van der Waals surface area contributed by atoms with Crippen molar-refractivity contribution in [1.29, 1.82) is 0 Å². The summed E-state index contributed by atoms with van der Waals surface area (Å²) in [6.07, 6.45) is 2.59. The summed E-state index contributed by atoms with van der Waals surface area (Å²) < 4.78 is 0. The van der Waals surface area contributed by atoms with Gasteiger partial charge in [0.25, 0.3) is 0 Å². The van der Waals surface area contributed by atoms with Gasteiger partial charge in [-0.25, -0.2) is 0 Å². The van der Waals surface area contributed by atoms with Gasteiger partial charge in [-0.1, -0.05) is 48.0 Å². The van der Waals surface area contributed by atoms with E-state index in [1.165, 1.54) is 37.2 Å². The molecule has 16 heavy (non-hydrogen) atoms. The number of para-hydroxylation sites is 1. The highest BCUT2D eigenvalue weighted by Crippen LogP contribution is 2.33. The number of alkyl halides is 1. The third-order valence-electron chi connectivity index (χ3n) is 3.59. The highest BCUT2D eigenvalue weighted by molar-refractivity contribution is 9.08. The molecule has 0 aromatic heterocycles. The third kappa shape index (κ3) is 2.60. The summed E-state index contributed by atoms with van der Waals surface area (Å²) in [5.74, 6) is 0. The zero-order chi connectivity index (χ0) is 11.6. The zero-order valence-electron chi connectivity index (χ0n) is 10.2. The molecule has 0 aliphatic carbocycles. The number of piperidine rings is 1. The molecule has 0 atom stereocenters. The number of nitrogens with zero attached hydrogens (tertiary/aromatic N) is 1. The first-order chi connectivity index (χ1) is 7.62. The molecule has 0 unspecified atom stereocenters. The molecule has 0 amide bonds. The summed E-state index contributed by atoms with van der Waals surface area (Å²) >= 11 is 3.57. The highest BCUT2D eigenvalue weighted by Gasteiger charge is 2.25.